The van der Waals surface area contributed by atoms with E-state index in [-0.39, 0.29) is 6.04 Å². The van der Waals surface area contributed by atoms with Gasteiger partial charge in [0.25, 0.3) is 0 Å². The monoisotopic (exact) mass is 241 g/mol. The standard InChI is InChI=1S/C15H19N3/c1-10(11-6-7-11)15(18-16)13-8-12-4-2-3-5-14(12)17-9-13/h2-5,8-11,15,18H,6-7,16H2,1H3. The zero-order valence-electron chi connectivity index (χ0n) is 10.6. The molecule has 3 heteroatoms. The van der Waals surface area contributed by atoms with Crippen LogP contribution in [0.5, 0.6) is 0 Å². The molecular formula is C15H19N3. The van der Waals surface area contributed by atoms with Crippen LogP contribution in [-0.2, 0) is 0 Å². The fraction of sp³-hybridized carbons (Fsp3) is 0.400. The molecule has 3 N–H and O–H groups in total. The highest BCUT2D eigenvalue weighted by molar-refractivity contribution is 5.78. The molecule has 0 bridgehead atoms. The Balaban J connectivity index is 1.95. The first-order valence-corrected chi connectivity index (χ1v) is 6.60. The van der Waals surface area contributed by atoms with Crippen molar-refractivity contribution in [3.63, 3.8) is 0 Å². The zero-order valence-corrected chi connectivity index (χ0v) is 10.6. The summed E-state index contributed by atoms with van der Waals surface area (Å²) in [7, 11) is 0. The first-order valence-electron chi connectivity index (χ1n) is 6.60. The molecule has 1 aliphatic rings. The molecule has 1 aromatic carbocycles. The number of hydrogen-bond acceptors (Lipinski definition) is 3. The Kier molecular flexibility index (Phi) is 3.02. The van der Waals surface area contributed by atoms with Gasteiger partial charge in [0.2, 0.25) is 0 Å². The summed E-state index contributed by atoms with van der Waals surface area (Å²) < 4.78 is 0. The van der Waals surface area contributed by atoms with Gasteiger partial charge < -0.3 is 0 Å². The number of nitrogens with two attached hydrogens (primary N) is 1. The number of fused-ring (bicyclic) bond motifs is 1. The number of aromatic nitrogens is 1. The van der Waals surface area contributed by atoms with Crippen molar-refractivity contribution in [2.45, 2.75) is 25.8 Å². The van der Waals surface area contributed by atoms with Gasteiger partial charge >= 0.3 is 0 Å². The predicted octanol–water partition coefficient (Wildman–Crippen LogP) is 2.79. The van der Waals surface area contributed by atoms with E-state index in [9.17, 15) is 0 Å². The molecule has 0 aliphatic heterocycles. The van der Waals surface area contributed by atoms with Crippen LogP contribution in [0.15, 0.2) is 36.5 Å². The maximum atomic E-state index is 5.74. The topological polar surface area (TPSA) is 50.9 Å². The fourth-order valence-electron chi connectivity index (χ4n) is 2.70. The van der Waals surface area contributed by atoms with Gasteiger partial charge in [0.15, 0.2) is 0 Å². The van der Waals surface area contributed by atoms with Crippen LogP contribution in [0.2, 0.25) is 0 Å². The predicted molar refractivity (Wildman–Crippen MR) is 73.7 cm³/mol. The third-order valence-electron chi connectivity index (χ3n) is 4.04. The van der Waals surface area contributed by atoms with Crippen molar-refractivity contribution in [2.75, 3.05) is 0 Å². The molecule has 1 aromatic heterocycles. The van der Waals surface area contributed by atoms with Crippen LogP contribution in [0.3, 0.4) is 0 Å². The van der Waals surface area contributed by atoms with Crippen LogP contribution in [-0.4, -0.2) is 4.98 Å². The smallest absolute Gasteiger partial charge is 0.0702 e. The number of rotatable bonds is 4. The average Bonchev–Trinajstić information content (AvgIpc) is 3.23. The van der Waals surface area contributed by atoms with Gasteiger partial charge in [0.1, 0.15) is 0 Å². The van der Waals surface area contributed by atoms with Gasteiger partial charge in [-0.2, -0.15) is 0 Å². The Labute approximate surface area is 107 Å². The van der Waals surface area contributed by atoms with E-state index in [0.29, 0.717) is 5.92 Å². The van der Waals surface area contributed by atoms with E-state index >= 15 is 0 Å². The van der Waals surface area contributed by atoms with E-state index < -0.39 is 0 Å². The number of hydrazine groups is 1. The average molecular weight is 241 g/mol. The van der Waals surface area contributed by atoms with Gasteiger partial charge in [0.05, 0.1) is 11.6 Å². The molecule has 0 spiro atoms. The van der Waals surface area contributed by atoms with Crippen molar-refractivity contribution in [2.24, 2.45) is 17.7 Å². The number of nitrogens with one attached hydrogen (secondary N) is 1. The molecule has 2 unspecified atom stereocenters. The minimum absolute atomic E-state index is 0.203. The van der Waals surface area contributed by atoms with Crippen molar-refractivity contribution in [3.05, 3.63) is 42.1 Å². The molecule has 1 fully saturated rings. The van der Waals surface area contributed by atoms with Gasteiger partial charge in [-0.15, -0.1) is 0 Å². The Bertz CT molecular complexity index is 548. The summed E-state index contributed by atoms with van der Waals surface area (Å²) >= 11 is 0. The molecule has 18 heavy (non-hydrogen) atoms. The SMILES string of the molecule is CC(C1CC1)C(NN)c1cnc2ccccc2c1. The largest absolute Gasteiger partial charge is 0.271 e. The minimum Gasteiger partial charge on any atom is -0.271 e. The van der Waals surface area contributed by atoms with Crippen LogP contribution in [0.1, 0.15) is 31.4 Å². The summed E-state index contributed by atoms with van der Waals surface area (Å²) in [5, 5.41) is 1.18. The summed E-state index contributed by atoms with van der Waals surface area (Å²) in [5.41, 5.74) is 5.19. The Morgan fingerprint density at radius 2 is 2.11 bits per heavy atom. The van der Waals surface area contributed by atoms with Crippen LogP contribution in [0.4, 0.5) is 0 Å². The van der Waals surface area contributed by atoms with Crippen molar-refractivity contribution in [1.29, 1.82) is 0 Å². The number of para-hydroxylation sites is 1. The number of nitrogens with zero attached hydrogens (tertiary/aromatic N) is 1. The molecule has 1 heterocycles. The van der Waals surface area contributed by atoms with E-state index in [1.165, 1.54) is 23.8 Å². The Hall–Kier alpha value is -1.45. The lowest BCUT2D eigenvalue weighted by atomic mass is 9.91. The molecule has 94 valence electrons. The van der Waals surface area contributed by atoms with Crippen molar-refractivity contribution in [3.8, 4) is 0 Å². The van der Waals surface area contributed by atoms with Gasteiger partial charge in [-0.25, -0.2) is 0 Å². The molecule has 0 radical (unpaired) electrons. The maximum Gasteiger partial charge on any atom is 0.0702 e. The normalized spacial score (nSPS) is 18.8. The number of benzene rings is 1. The lowest BCUT2D eigenvalue weighted by Crippen LogP contribution is -2.33. The molecule has 1 saturated carbocycles. The molecular weight excluding hydrogens is 222 g/mol. The highest BCUT2D eigenvalue weighted by Gasteiger charge is 2.33. The van der Waals surface area contributed by atoms with E-state index in [1.807, 2.05) is 24.4 Å². The van der Waals surface area contributed by atoms with Crippen LogP contribution in [0.25, 0.3) is 10.9 Å². The molecule has 2 atom stereocenters. The van der Waals surface area contributed by atoms with Gasteiger partial charge in [0, 0.05) is 11.6 Å². The third-order valence-corrected chi connectivity index (χ3v) is 4.04. The van der Waals surface area contributed by atoms with Crippen molar-refractivity contribution >= 4 is 10.9 Å². The number of pyridine rings is 1. The number of hydrogen-bond donors (Lipinski definition) is 2. The van der Waals surface area contributed by atoms with Crippen LogP contribution in [0, 0.1) is 11.8 Å². The summed E-state index contributed by atoms with van der Waals surface area (Å²) in [5.74, 6) is 7.12. The summed E-state index contributed by atoms with van der Waals surface area (Å²) in [6.45, 7) is 2.28. The highest BCUT2D eigenvalue weighted by Crippen LogP contribution is 2.42. The second-order valence-electron chi connectivity index (χ2n) is 5.30. The second kappa shape index (κ2) is 4.67. The molecule has 1 aliphatic carbocycles. The van der Waals surface area contributed by atoms with Crippen LogP contribution < -0.4 is 11.3 Å². The molecule has 2 aromatic rings. The fourth-order valence-corrected chi connectivity index (χ4v) is 2.70. The second-order valence-corrected chi connectivity index (χ2v) is 5.30. The zero-order chi connectivity index (χ0) is 12.5. The van der Waals surface area contributed by atoms with Gasteiger partial charge in [-0.05, 0) is 42.4 Å². The first kappa shape index (κ1) is 11.6. The van der Waals surface area contributed by atoms with Gasteiger partial charge in [-0.1, -0.05) is 25.1 Å². The van der Waals surface area contributed by atoms with Crippen molar-refractivity contribution < 1.29 is 0 Å². The van der Waals surface area contributed by atoms with Crippen molar-refractivity contribution in [1.82, 2.24) is 10.4 Å². The molecule has 3 nitrogen and oxygen atoms in total. The lowest BCUT2D eigenvalue weighted by molar-refractivity contribution is 0.354. The first-order chi connectivity index (χ1) is 8.79. The summed E-state index contributed by atoms with van der Waals surface area (Å²) in [6.07, 6.45) is 4.62. The Morgan fingerprint density at radius 3 is 2.83 bits per heavy atom. The molecule has 3 rings (SSSR count). The summed E-state index contributed by atoms with van der Waals surface area (Å²) in [4.78, 5) is 4.52. The quantitative estimate of drug-likeness (QED) is 0.639. The third kappa shape index (κ3) is 2.11. The Morgan fingerprint density at radius 1 is 1.33 bits per heavy atom. The molecule has 0 amide bonds. The maximum absolute atomic E-state index is 5.74. The van der Waals surface area contributed by atoms with E-state index in [4.69, 9.17) is 5.84 Å². The van der Waals surface area contributed by atoms with E-state index in [0.717, 1.165) is 11.4 Å². The lowest BCUT2D eigenvalue weighted by Gasteiger charge is -2.23. The van der Waals surface area contributed by atoms with E-state index in [1.54, 1.807) is 0 Å². The van der Waals surface area contributed by atoms with E-state index in [2.05, 4.69) is 29.5 Å². The van der Waals surface area contributed by atoms with Crippen LogP contribution >= 0.6 is 0 Å². The summed E-state index contributed by atoms with van der Waals surface area (Å²) in [6, 6.07) is 10.6. The highest BCUT2D eigenvalue weighted by atomic mass is 15.2. The molecule has 0 saturated heterocycles. The minimum atomic E-state index is 0.203. The van der Waals surface area contributed by atoms with Gasteiger partial charge in [-0.3, -0.25) is 16.3 Å².